The van der Waals surface area contributed by atoms with E-state index < -0.39 is 21.8 Å². The van der Waals surface area contributed by atoms with Crippen molar-refractivity contribution in [2.75, 3.05) is 19.3 Å². The second-order valence-electron chi connectivity index (χ2n) is 6.33. The van der Waals surface area contributed by atoms with E-state index in [2.05, 4.69) is 0 Å². The van der Waals surface area contributed by atoms with Crippen molar-refractivity contribution in [2.45, 2.75) is 52.2 Å². The minimum absolute atomic E-state index is 0.00555. The van der Waals surface area contributed by atoms with E-state index in [0.29, 0.717) is 13.1 Å². The van der Waals surface area contributed by atoms with Crippen molar-refractivity contribution >= 4 is 16.2 Å². The van der Waals surface area contributed by atoms with Crippen molar-refractivity contribution in [1.29, 1.82) is 0 Å². The Morgan fingerprint density at radius 1 is 1.35 bits per heavy atom. The Bertz CT molecular complexity index is 440. The summed E-state index contributed by atoms with van der Waals surface area (Å²) in [5, 5.41) is 0. The Hall–Kier alpha value is -0.820. The molecule has 7 heteroatoms. The molecule has 20 heavy (non-hydrogen) atoms. The SMILES string of the molecule is C[C@@H](OS(C)(=O)=O)[C@H]1CCCN(C(=O)OC(C)(C)C)C1. The smallest absolute Gasteiger partial charge is 0.410 e. The molecule has 1 saturated heterocycles. The summed E-state index contributed by atoms with van der Waals surface area (Å²) in [6, 6.07) is 0. The van der Waals surface area contributed by atoms with Gasteiger partial charge in [0.05, 0.1) is 12.4 Å². The Kier molecular flexibility index (Phi) is 5.43. The van der Waals surface area contributed by atoms with E-state index >= 15 is 0 Å². The number of ether oxygens (including phenoxy) is 1. The van der Waals surface area contributed by atoms with Gasteiger partial charge in [-0.1, -0.05) is 0 Å². The van der Waals surface area contributed by atoms with Gasteiger partial charge in [0.1, 0.15) is 5.60 Å². The number of likely N-dealkylation sites (tertiary alicyclic amines) is 1. The molecule has 6 nitrogen and oxygen atoms in total. The highest BCUT2D eigenvalue weighted by atomic mass is 32.2. The van der Waals surface area contributed by atoms with Crippen molar-refractivity contribution in [2.24, 2.45) is 5.92 Å². The molecule has 0 aromatic carbocycles. The first kappa shape index (κ1) is 17.2. The average molecular weight is 307 g/mol. The third-order valence-electron chi connectivity index (χ3n) is 3.10. The number of rotatable bonds is 3. The fourth-order valence-electron chi connectivity index (χ4n) is 2.24. The summed E-state index contributed by atoms with van der Waals surface area (Å²) in [5.74, 6) is 0.00555. The van der Waals surface area contributed by atoms with E-state index in [1.807, 2.05) is 20.8 Å². The molecule has 1 heterocycles. The van der Waals surface area contributed by atoms with Gasteiger partial charge in [0.15, 0.2) is 0 Å². The molecular weight excluding hydrogens is 282 g/mol. The maximum Gasteiger partial charge on any atom is 0.410 e. The van der Waals surface area contributed by atoms with Gasteiger partial charge in [-0.05, 0) is 40.5 Å². The number of amides is 1. The van der Waals surface area contributed by atoms with E-state index in [1.165, 1.54) is 0 Å². The number of carbonyl (C=O) groups excluding carboxylic acids is 1. The van der Waals surface area contributed by atoms with Gasteiger partial charge in [-0.15, -0.1) is 0 Å². The molecule has 2 atom stereocenters. The molecule has 118 valence electrons. The Balaban J connectivity index is 2.60. The zero-order valence-electron chi connectivity index (χ0n) is 12.9. The maximum atomic E-state index is 12.0. The number of nitrogens with zero attached hydrogens (tertiary/aromatic N) is 1. The van der Waals surface area contributed by atoms with Crippen LogP contribution >= 0.6 is 0 Å². The molecule has 1 fully saturated rings. The van der Waals surface area contributed by atoms with Crippen molar-refractivity contribution in [3.63, 3.8) is 0 Å². The van der Waals surface area contributed by atoms with Crippen LogP contribution in [0, 0.1) is 5.92 Å². The first-order chi connectivity index (χ1) is 8.98. The molecule has 0 aromatic heterocycles. The van der Waals surface area contributed by atoms with E-state index in [-0.39, 0.29) is 12.0 Å². The molecule has 0 aliphatic carbocycles. The molecule has 1 amide bonds. The Morgan fingerprint density at radius 2 is 1.95 bits per heavy atom. The van der Waals surface area contributed by atoms with Gasteiger partial charge in [-0.2, -0.15) is 8.42 Å². The van der Waals surface area contributed by atoms with Gasteiger partial charge in [-0.3, -0.25) is 4.18 Å². The maximum absolute atomic E-state index is 12.0. The summed E-state index contributed by atoms with van der Waals surface area (Å²) in [5.41, 5.74) is -0.529. The van der Waals surface area contributed by atoms with E-state index in [4.69, 9.17) is 8.92 Å². The zero-order valence-corrected chi connectivity index (χ0v) is 13.7. The predicted octanol–water partition coefficient (Wildman–Crippen LogP) is 2.00. The third-order valence-corrected chi connectivity index (χ3v) is 3.75. The first-order valence-corrected chi connectivity index (χ1v) is 8.66. The second kappa shape index (κ2) is 6.30. The zero-order chi connectivity index (χ0) is 15.6. The van der Waals surface area contributed by atoms with E-state index in [9.17, 15) is 13.2 Å². The van der Waals surface area contributed by atoms with Crippen LogP contribution in [0.1, 0.15) is 40.5 Å². The molecule has 1 aliphatic rings. The van der Waals surface area contributed by atoms with Crippen LogP contribution in [0.4, 0.5) is 4.79 Å². The summed E-state index contributed by atoms with van der Waals surface area (Å²) < 4.78 is 32.7. The van der Waals surface area contributed by atoms with Gasteiger partial charge < -0.3 is 9.64 Å². The quantitative estimate of drug-likeness (QED) is 0.746. The van der Waals surface area contributed by atoms with Gasteiger partial charge in [0.2, 0.25) is 0 Å². The van der Waals surface area contributed by atoms with Crippen LogP contribution in [0.3, 0.4) is 0 Å². The summed E-state index contributed by atoms with van der Waals surface area (Å²) in [6.07, 6.45) is 1.92. The largest absolute Gasteiger partial charge is 0.444 e. The fourth-order valence-corrected chi connectivity index (χ4v) is 2.95. The lowest BCUT2D eigenvalue weighted by molar-refractivity contribution is 0.00874. The van der Waals surface area contributed by atoms with Crippen LogP contribution in [-0.2, 0) is 19.0 Å². The molecule has 0 unspecified atom stereocenters. The van der Waals surface area contributed by atoms with Crippen molar-refractivity contribution in [1.82, 2.24) is 4.90 Å². The van der Waals surface area contributed by atoms with Crippen molar-refractivity contribution in [3.8, 4) is 0 Å². The van der Waals surface area contributed by atoms with Crippen molar-refractivity contribution < 1.29 is 22.1 Å². The molecule has 0 aromatic rings. The summed E-state index contributed by atoms with van der Waals surface area (Å²) in [6.45, 7) is 8.29. The Labute approximate surface area is 121 Å². The monoisotopic (exact) mass is 307 g/mol. The van der Waals surface area contributed by atoms with Gasteiger partial charge in [0.25, 0.3) is 10.1 Å². The molecule has 0 N–H and O–H groups in total. The minimum Gasteiger partial charge on any atom is -0.444 e. The van der Waals surface area contributed by atoms with Crippen LogP contribution in [-0.4, -0.2) is 50.5 Å². The Morgan fingerprint density at radius 3 is 2.45 bits per heavy atom. The number of piperidine rings is 1. The molecule has 0 bridgehead atoms. The summed E-state index contributed by atoms with van der Waals surface area (Å²) >= 11 is 0. The lowest BCUT2D eigenvalue weighted by Crippen LogP contribution is -2.45. The molecule has 1 aliphatic heterocycles. The highest BCUT2D eigenvalue weighted by Gasteiger charge is 2.31. The van der Waals surface area contributed by atoms with Crippen LogP contribution in [0.25, 0.3) is 0 Å². The van der Waals surface area contributed by atoms with E-state index in [1.54, 1.807) is 11.8 Å². The molecular formula is C13H25NO5S. The van der Waals surface area contributed by atoms with Crippen LogP contribution < -0.4 is 0 Å². The second-order valence-corrected chi connectivity index (χ2v) is 7.93. The van der Waals surface area contributed by atoms with Gasteiger partial charge in [-0.25, -0.2) is 4.79 Å². The topological polar surface area (TPSA) is 72.9 Å². The van der Waals surface area contributed by atoms with Crippen LogP contribution in [0.2, 0.25) is 0 Å². The molecule has 1 rings (SSSR count). The normalized spacial score (nSPS) is 22.4. The van der Waals surface area contributed by atoms with Gasteiger partial charge in [0, 0.05) is 19.0 Å². The summed E-state index contributed by atoms with van der Waals surface area (Å²) in [4.78, 5) is 13.6. The molecule has 0 spiro atoms. The predicted molar refractivity (Wildman–Crippen MR) is 75.9 cm³/mol. The average Bonchev–Trinajstić information content (AvgIpc) is 2.24. The highest BCUT2D eigenvalue weighted by molar-refractivity contribution is 7.86. The number of carbonyl (C=O) groups is 1. The van der Waals surface area contributed by atoms with Crippen LogP contribution in [0.5, 0.6) is 0 Å². The third kappa shape index (κ3) is 6.09. The van der Waals surface area contributed by atoms with Gasteiger partial charge >= 0.3 is 6.09 Å². The number of hydrogen-bond acceptors (Lipinski definition) is 5. The highest BCUT2D eigenvalue weighted by Crippen LogP contribution is 2.24. The summed E-state index contributed by atoms with van der Waals surface area (Å²) in [7, 11) is -3.47. The van der Waals surface area contributed by atoms with Crippen LogP contribution in [0.15, 0.2) is 0 Å². The lowest BCUT2D eigenvalue weighted by atomic mass is 9.94. The standard InChI is InChI=1S/C13H25NO5S/c1-10(19-20(5,16)17)11-7-6-8-14(9-11)12(15)18-13(2,3)4/h10-11H,6-9H2,1-5H3/t10-,11+/m1/s1. The number of hydrogen-bond donors (Lipinski definition) is 0. The lowest BCUT2D eigenvalue weighted by Gasteiger charge is -2.36. The van der Waals surface area contributed by atoms with E-state index in [0.717, 1.165) is 19.1 Å². The minimum atomic E-state index is -3.47. The fraction of sp³-hybridized carbons (Fsp3) is 0.923. The first-order valence-electron chi connectivity index (χ1n) is 6.84. The molecule has 0 saturated carbocycles. The molecule has 0 radical (unpaired) electrons. The van der Waals surface area contributed by atoms with Crippen molar-refractivity contribution in [3.05, 3.63) is 0 Å².